The standard InChI is InChI=1S/C14H12FNO3/c15-10-3-1-2-4-11(10)16-14(19)8-9-5-6-12(17)13(18)7-9/h1-7,17-18H,8H2,(H,16,19). The summed E-state index contributed by atoms with van der Waals surface area (Å²) in [5.74, 6) is -1.46. The summed E-state index contributed by atoms with van der Waals surface area (Å²) in [6, 6.07) is 9.95. The van der Waals surface area contributed by atoms with Gasteiger partial charge in [0.1, 0.15) is 5.82 Å². The van der Waals surface area contributed by atoms with Gasteiger partial charge in [-0.2, -0.15) is 0 Å². The van der Waals surface area contributed by atoms with Crippen molar-refractivity contribution in [3.8, 4) is 11.5 Å². The van der Waals surface area contributed by atoms with Crippen molar-refractivity contribution in [2.75, 3.05) is 5.32 Å². The Bertz CT molecular complexity index is 613. The molecule has 2 aromatic carbocycles. The smallest absolute Gasteiger partial charge is 0.228 e. The number of amides is 1. The number of benzene rings is 2. The van der Waals surface area contributed by atoms with Crippen molar-refractivity contribution in [2.24, 2.45) is 0 Å². The van der Waals surface area contributed by atoms with Gasteiger partial charge in [0.05, 0.1) is 12.1 Å². The van der Waals surface area contributed by atoms with Gasteiger partial charge in [0.25, 0.3) is 0 Å². The molecular formula is C14H12FNO3. The van der Waals surface area contributed by atoms with Crippen LogP contribution in [0.15, 0.2) is 42.5 Å². The highest BCUT2D eigenvalue weighted by Gasteiger charge is 2.08. The molecule has 98 valence electrons. The van der Waals surface area contributed by atoms with Gasteiger partial charge in [-0.25, -0.2) is 4.39 Å². The number of phenols is 2. The molecule has 4 nitrogen and oxygen atoms in total. The number of rotatable bonds is 3. The van der Waals surface area contributed by atoms with Crippen molar-refractivity contribution in [3.05, 3.63) is 53.8 Å². The molecule has 0 radical (unpaired) electrons. The Morgan fingerprint density at radius 3 is 2.53 bits per heavy atom. The first-order valence-electron chi connectivity index (χ1n) is 5.61. The van der Waals surface area contributed by atoms with E-state index in [4.69, 9.17) is 5.11 Å². The number of carbonyl (C=O) groups is 1. The van der Waals surface area contributed by atoms with Crippen LogP contribution < -0.4 is 5.32 Å². The average Bonchev–Trinajstić information content (AvgIpc) is 2.37. The molecule has 0 aliphatic carbocycles. The first-order valence-corrected chi connectivity index (χ1v) is 5.61. The van der Waals surface area contributed by atoms with Gasteiger partial charge >= 0.3 is 0 Å². The second-order valence-corrected chi connectivity index (χ2v) is 4.03. The highest BCUT2D eigenvalue weighted by atomic mass is 19.1. The van der Waals surface area contributed by atoms with Crippen LogP contribution in [-0.2, 0) is 11.2 Å². The maximum absolute atomic E-state index is 13.3. The zero-order valence-electron chi connectivity index (χ0n) is 9.93. The molecule has 0 aliphatic heterocycles. The summed E-state index contributed by atoms with van der Waals surface area (Å²) < 4.78 is 13.3. The monoisotopic (exact) mass is 261 g/mol. The Kier molecular flexibility index (Phi) is 3.66. The van der Waals surface area contributed by atoms with Crippen LogP contribution in [0.1, 0.15) is 5.56 Å². The first kappa shape index (κ1) is 12.9. The minimum Gasteiger partial charge on any atom is -0.504 e. The number of aromatic hydroxyl groups is 2. The summed E-state index contributed by atoms with van der Waals surface area (Å²) in [5, 5.41) is 20.9. The molecule has 5 heteroatoms. The summed E-state index contributed by atoms with van der Waals surface area (Å²) in [6.45, 7) is 0. The Labute approximate surface area is 109 Å². The number of carbonyl (C=O) groups excluding carboxylic acids is 1. The van der Waals surface area contributed by atoms with Gasteiger partial charge in [-0.15, -0.1) is 0 Å². The van der Waals surface area contributed by atoms with E-state index in [0.717, 1.165) is 0 Å². The maximum atomic E-state index is 13.3. The van der Waals surface area contributed by atoms with E-state index < -0.39 is 11.7 Å². The van der Waals surface area contributed by atoms with Crippen molar-refractivity contribution in [1.82, 2.24) is 0 Å². The molecular weight excluding hydrogens is 249 g/mol. The van der Waals surface area contributed by atoms with E-state index in [9.17, 15) is 14.3 Å². The summed E-state index contributed by atoms with van der Waals surface area (Å²) in [6.07, 6.45) is -0.0256. The second-order valence-electron chi connectivity index (χ2n) is 4.03. The molecule has 2 aromatic rings. The number of para-hydroxylation sites is 1. The molecule has 0 atom stereocenters. The van der Waals surface area contributed by atoms with Gasteiger partial charge < -0.3 is 15.5 Å². The van der Waals surface area contributed by atoms with Crippen molar-refractivity contribution in [3.63, 3.8) is 0 Å². The lowest BCUT2D eigenvalue weighted by atomic mass is 10.1. The van der Waals surface area contributed by atoms with E-state index in [1.54, 1.807) is 6.07 Å². The fourth-order valence-corrected chi connectivity index (χ4v) is 1.62. The summed E-state index contributed by atoms with van der Waals surface area (Å²) in [4.78, 5) is 11.7. The van der Waals surface area contributed by atoms with Crippen LogP contribution in [-0.4, -0.2) is 16.1 Å². The molecule has 0 unspecified atom stereocenters. The molecule has 0 spiro atoms. The largest absolute Gasteiger partial charge is 0.504 e. The van der Waals surface area contributed by atoms with Crippen LogP contribution in [0.5, 0.6) is 11.5 Å². The van der Waals surface area contributed by atoms with Crippen LogP contribution in [0, 0.1) is 5.82 Å². The topological polar surface area (TPSA) is 69.6 Å². The lowest BCUT2D eigenvalue weighted by Gasteiger charge is -2.07. The van der Waals surface area contributed by atoms with E-state index in [2.05, 4.69) is 5.32 Å². The first-order chi connectivity index (χ1) is 9.06. The lowest BCUT2D eigenvalue weighted by Crippen LogP contribution is -2.15. The summed E-state index contributed by atoms with van der Waals surface area (Å²) in [7, 11) is 0. The highest BCUT2D eigenvalue weighted by Crippen LogP contribution is 2.25. The van der Waals surface area contributed by atoms with Gasteiger partial charge in [-0.1, -0.05) is 18.2 Å². The van der Waals surface area contributed by atoms with Crippen molar-refractivity contribution < 1.29 is 19.4 Å². The third kappa shape index (κ3) is 3.22. The van der Waals surface area contributed by atoms with Crippen LogP contribution in [0.25, 0.3) is 0 Å². The van der Waals surface area contributed by atoms with E-state index in [1.807, 2.05) is 0 Å². The maximum Gasteiger partial charge on any atom is 0.228 e. The number of nitrogens with one attached hydrogen (secondary N) is 1. The van der Waals surface area contributed by atoms with E-state index >= 15 is 0 Å². The molecule has 0 aliphatic rings. The van der Waals surface area contributed by atoms with Crippen molar-refractivity contribution in [1.29, 1.82) is 0 Å². The third-order valence-electron chi connectivity index (χ3n) is 2.55. The minimum absolute atomic E-state index is 0.0256. The van der Waals surface area contributed by atoms with Gasteiger partial charge in [0, 0.05) is 0 Å². The fourth-order valence-electron chi connectivity index (χ4n) is 1.62. The number of anilines is 1. The molecule has 3 N–H and O–H groups in total. The molecule has 1 amide bonds. The van der Waals surface area contributed by atoms with Gasteiger partial charge in [0.2, 0.25) is 5.91 Å². The van der Waals surface area contributed by atoms with Crippen LogP contribution in [0.3, 0.4) is 0 Å². The van der Waals surface area contributed by atoms with Crippen molar-refractivity contribution in [2.45, 2.75) is 6.42 Å². The normalized spacial score (nSPS) is 10.2. The molecule has 0 bridgehead atoms. The van der Waals surface area contributed by atoms with Crippen LogP contribution in [0.2, 0.25) is 0 Å². The summed E-state index contributed by atoms with van der Waals surface area (Å²) in [5.41, 5.74) is 0.625. The second kappa shape index (κ2) is 5.39. The van der Waals surface area contributed by atoms with Gasteiger partial charge in [-0.3, -0.25) is 4.79 Å². The van der Waals surface area contributed by atoms with Gasteiger partial charge in [0.15, 0.2) is 11.5 Å². The number of hydrogen-bond donors (Lipinski definition) is 3. The number of halogens is 1. The SMILES string of the molecule is O=C(Cc1ccc(O)c(O)c1)Nc1ccccc1F. The molecule has 0 saturated carbocycles. The summed E-state index contributed by atoms with van der Waals surface area (Å²) >= 11 is 0. The van der Waals surface area contributed by atoms with E-state index in [-0.39, 0.29) is 23.6 Å². The quantitative estimate of drug-likeness (QED) is 0.743. The van der Waals surface area contributed by atoms with Crippen LogP contribution in [0.4, 0.5) is 10.1 Å². The highest BCUT2D eigenvalue weighted by molar-refractivity contribution is 5.92. The molecule has 0 saturated heterocycles. The Hall–Kier alpha value is -2.56. The third-order valence-corrected chi connectivity index (χ3v) is 2.55. The molecule has 2 rings (SSSR count). The van der Waals surface area contributed by atoms with Gasteiger partial charge in [-0.05, 0) is 29.8 Å². The molecule has 19 heavy (non-hydrogen) atoms. The minimum atomic E-state index is -0.510. The Balaban J connectivity index is 2.05. The predicted octanol–water partition coefficient (Wildman–Crippen LogP) is 2.42. The van der Waals surface area contributed by atoms with E-state index in [0.29, 0.717) is 5.56 Å². The molecule has 0 heterocycles. The predicted molar refractivity (Wildman–Crippen MR) is 68.5 cm³/mol. The Morgan fingerprint density at radius 1 is 1.11 bits per heavy atom. The lowest BCUT2D eigenvalue weighted by molar-refractivity contribution is -0.115. The molecule has 0 fully saturated rings. The average molecular weight is 261 g/mol. The number of phenolic OH excluding ortho intramolecular Hbond substituents is 2. The zero-order chi connectivity index (χ0) is 13.8. The Morgan fingerprint density at radius 2 is 1.84 bits per heavy atom. The van der Waals surface area contributed by atoms with Crippen LogP contribution >= 0.6 is 0 Å². The van der Waals surface area contributed by atoms with E-state index in [1.165, 1.54) is 36.4 Å². The molecule has 0 aromatic heterocycles. The number of hydrogen-bond acceptors (Lipinski definition) is 3. The fraction of sp³-hybridized carbons (Fsp3) is 0.0714. The zero-order valence-corrected chi connectivity index (χ0v) is 9.93. The van der Waals surface area contributed by atoms with Crippen molar-refractivity contribution >= 4 is 11.6 Å².